The van der Waals surface area contributed by atoms with Gasteiger partial charge in [-0.2, -0.15) is 0 Å². The third kappa shape index (κ3) is 12.5. The molecule has 0 aliphatic rings. The second kappa shape index (κ2) is 15.4. The molecule has 0 aromatic heterocycles. The lowest BCUT2D eigenvalue weighted by Gasteiger charge is -2.18. The summed E-state index contributed by atoms with van der Waals surface area (Å²) >= 11 is 0. The van der Waals surface area contributed by atoms with Gasteiger partial charge >= 0.3 is 11.9 Å². The quantitative estimate of drug-likeness (QED) is 0.231. The highest BCUT2D eigenvalue weighted by Crippen LogP contribution is 2.07. The zero-order valence-electron chi connectivity index (χ0n) is 21.4. The summed E-state index contributed by atoms with van der Waals surface area (Å²) in [5.74, 6) is -1.97. The van der Waals surface area contributed by atoms with Gasteiger partial charge in [0.05, 0.1) is 23.6 Å². The second-order valence-corrected chi connectivity index (χ2v) is 12.5. The molecule has 2 N–H and O–H groups in total. The van der Waals surface area contributed by atoms with Gasteiger partial charge in [-0.15, -0.1) is 0 Å². The average molecular weight is 567 g/mol. The first-order valence-corrected chi connectivity index (χ1v) is 15.4. The molecule has 0 heterocycles. The Hall–Kier alpha value is -3.06. The molecular formula is C26H34N2O8S2. The van der Waals surface area contributed by atoms with Crippen molar-refractivity contribution in [3.8, 4) is 0 Å². The average Bonchev–Trinajstić information content (AvgIpc) is 2.90. The molecule has 38 heavy (non-hydrogen) atoms. The van der Waals surface area contributed by atoms with Crippen LogP contribution in [-0.2, 0) is 52.0 Å². The number of sulfonamides is 2. The van der Waals surface area contributed by atoms with Gasteiger partial charge in [-0.1, -0.05) is 60.7 Å². The molecular weight excluding hydrogens is 532 g/mol. The highest BCUT2D eigenvalue weighted by molar-refractivity contribution is 7.89. The minimum Gasteiger partial charge on any atom is -0.461 e. The maximum Gasteiger partial charge on any atom is 0.331 e. The molecule has 0 amide bonds. The van der Waals surface area contributed by atoms with E-state index < -0.39 is 44.1 Å². The molecule has 0 unspecified atom stereocenters. The Kier molecular flexibility index (Phi) is 12.6. The van der Waals surface area contributed by atoms with Gasteiger partial charge in [-0.25, -0.2) is 35.9 Å². The number of benzene rings is 2. The molecule has 0 aliphatic carbocycles. The maximum absolute atomic E-state index is 12.2. The van der Waals surface area contributed by atoms with Crippen LogP contribution >= 0.6 is 0 Å². The van der Waals surface area contributed by atoms with Gasteiger partial charge < -0.3 is 9.47 Å². The molecule has 0 aliphatic heterocycles. The van der Waals surface area contributed by atoms with Crippen molar-refractivity contribution in [1.29, 1.82) is 0 Å². The van der Waals surface area contributed by atoms with Crippen LogP contribution in [0.5, 0.6) is 0 Å². The Labute approximate surface area is 224 Å². The van der Waals surface area contributed by atoms with Crippen molar-refractivity contribution in [3.05, 3.63) is 83.9 Å². The maximum atomic E-state index is 12.2. The van der Waals surface area contributed by atoms with Crippen LogP contribution in [0.4, 0.5) is 0 Å². The minimum absolute atomic E-state index is 0.127. The zero-order valence-corrected chi connectivity index (χ0v) is 23.0. The van der Waals surface area contributed by atoms with Crippen molar-refractivity contribution in [2.24, 2.45) is 0 Å². The van der Waals surface area contributed by atoms with E-state index in [0.717, 1.165) is 23.3 Å². The Morgan fingerprint density at radius 1 is 0.684 bits per heavy atom. The fourth-order valence-electron chi connectivity index (χ4n) is 3.34. The van der Waals surface area contributed by atoms with E-state index in [2.05, 4.69) is 9.44 Å². The number of hydrogen-bond acceptors (Lipinski definition) is 8. The summed E-state index contributed by atoms with van der Waals surface area (Å²) < 4.78 is 63.5. The van der Waals surface area contributed by atoms with Gasteiger partial charge in [0.25, 0.3) is 0 Å². The number of carbonyl (C=O) groups excluding carboxylic acids is 2. The fourth-order valence-corrected chi connectivity index (χ4v) is 4.99. The molecule has 0 fully saturated rings. The van der Waals surface area contributed by atoms with Crippen LogP contribution in [0.25, 0.3) is 0 Å². The summed E-state index contributed by atoms with van der Waals surface area (Å²) in [5, 5.41) is 0. The molecule has 0 saturated carbocycles. The fraction of sp³-hybridized carbons (Fsp3) is 0.385. The van der Waals surface area contributed by atoms with E-state index in [1.165, 1.54) is 13.8 Å². The van der Waals surface area contributed by atoms with Crippen molar-refractivity contribution in [3.63, 3.8) is 0 Å². The van der Waals surface area contributed by atoms with Gasteiger partial charge in [0.2, 0.25) is 20.0 Å². The number of ether oxygens (including phenoxy) is 2. The predicted octanol–water partition coefficient (Wildman–Crippen LogP) is 1.73. The Morgan fingerprint density at radius 3 is 1.34 bits per heavy atom. The van der Waals surface area contributed by atoms with Crippen LogP contribution < -0.4 is 9.44 Å². The first-order chi connectivity index (χ1) is 18.0. The molecule has 2 atom stereocenters. The topological polar surface area (TPSA) is 145 Å². The van der Waals surface area contributed by atoms with Crippen LogP contribution in [0.15, 0.2) is 72.8 Å². The summed E-state index contributed by atoms with van der Waals surface area (Å²) in [6.45, 7) is 2.51. The van der Waals surface area contributed by atoms with E-state index in [1.54, 1.807) is 0 Å². The third-order valence-corrected chi connectivity index (χ3v) is 8.22. The SMILES string of the molecule is CCS(=O)(=O)N[C@@H](COC(=O)/C=C/C(=O)OC[C@@H](Cc1ccccc1)NS(=O)(=O)CC)Cc1ccccc1. The molecule has 2 aromatic carbocycles. The third-order valence-electron chi connectivity index (χ3n) is 5.31. The number of nitrogens with one attached hydrogen (secondary N) is 2. The number of rotatable bonds is 16. The van der Waals surface area contributed by atoms with Gasteiger partial charge in [0.1, 0.15) is 13.2 Å². The Balaban J connectivity index is 1.92. The lowest BCUT2D eigenvalue weighted by molar-refractivity contribution is -0.141. The molecule has 0 bridgehead atoms. The van der Waals surface area contributed by atoms with Gasteiger partial charge in [0.15, 0.2) is 0 Å². The van der Waals surface area contributed by atoms with Crippen LogP contribution in [0.2, 0.25) is 0 Å². The molecule has 208 valence electrons. The Morgan fingerprint density at radius 2 is 1.03 bits per heavy atom. The first-order valence-electron chi connectivity index (χ1n) is 12.1. The van der Waals surface area contributed by atoms with Gasteiger partial charge in [-0.3, -0.25) is 0 Å². The minimum atomic E-state index is -3.55. The number of esters is 2. The summed E-state index contributed by atoms with van der Waals surface area (Å²) in [6, 6.07) is 16.9. The molecule has 0 saturated heterocycles. The lowest BCUT2D eigenvalue weighted by Crippen LogP contribution is -2.41. The van der Waals surface area contributed by atoms with Crippen LogP contribution in [0, 0.1) is 0 Å². The largest absolute Gasteiger partial charge is 0.461 e. The van der Waals surface area contributed by atoms with E-state index in [9.17, 15) is 26.4 Å². The molecule has 2 aromatic rings. The zero-order chi connectivity index (χ0) is 28.0. The Bertz CT molecular complexity index is 1170. The summed E-state index contributed by atoms with van der Waals surface area (Å²) in [5.41, 5.74) is 1.71. The summed E-state index contributed by atoms with van der Waals surface area (Å²) in [6.07, 6.45) is 2.35. The van der Waals surface area contributed by atoms with E-state index >= 15 is 0 Å². The van der Waals surface area contributed by atoms with Gasteiger partial charge in [0, 0.05) is 12.2 Å². The molecule has 2 rings (SSSR count). The van der Waals surface area contributed by atoms with Crippen molar-refractivity contribution < 1.29 is 35.9 Å². The van der Waals surface area contributed by atoms with Crippen molar-refractivity contribution in [1.82, 2.24) is 9.44 Å². The standard InChI is InChI=1S/C26H34N2O8S2/c1-3-37(31,32)27-23(17-21-11-7-5-8-12-21)19-35-25(29)15-16-26(30)36-20-24(28-38(33,34)4-2)18-22-13-9-6-10-14-22/h5-16,23-24,27-28H,3-4,17-20H2,1-2H3/b16-15+/t23-,24-/m1/s1. The lowest BCUT2D eigenvalue weighted by atomic mass is 10.1. The molecule has 0 radical (unpaired) electrons. The first kappa shape index (κ1) is 31.2. The second-order valence-electron chi connectivity index (χ2n) is 8.41. The van der Waals surface area contributed by atoms with Crippen LogP contribution in [0.3, 0.4) is 0 Å². The smallest absolute Gasteiger partial charge is 0.331 e. The molecule has 0 spiro atoms. The van der Waals surface area contributed by atoms with Crippen molar-refractivity contribution in [2.45, 2.75) is 38.8 Å². The van der Waals surface area contributed by atoms with Crippen LogP contribution in [0.1, 0.15) is 25.0 Å². The van der Waals surface area contributed by atoms with Crippen molar-refractivity contribution >= 4 is 32.0 Å². The van der Waals surface area contributed by atoms with E-state index in [0.29, 0.717) is 12.8 Å². The highest BCUT2D eigenvalue weighted by Gasteiger charge is 2.20. The number of hydrogen-bond donors (Lipinski definition) is 2. The summed E-state index contributed by atoms with van der Waals surface area (Å²) in [7, 11) is -7.10. The predicted molar refractivity (Wildman–Crippen MR) is 144 cm³/mol. The van der Waals surface area contributed by atoms with E-state index in [1.807, 2.05) is 60.7 Å². The van der Waals surface area contributed by atoms with Gasteiger partial charge in [-0.05, 0) is 37.8 Å². The van der Waals surface area contributed by atoms with E-state index in [-0.39, 0.29) is 24.7 Å². The van der Waals surface area contributed by atoms with Crippen LogP contribution in [-0.4, -0.2) is 65.6 Å². The van der Waals surface area contributed by atoms with E-state index in [4.69, 9.17) is 9.47 Å². The van der Waals surface area contributed by atoms with Crippen molar-refractivity contribution in [2.75, 3.05) is 24.7 Å². The monoisotopic (exact) mass is 566 g/mol. The molecule has 10 nitrogen and oxygen atoms in total. The summed E-state index contributed by atoms with van der Waals surface area (Å²) in [4.78, 5) is 24.3. The normalized spacial score (nSPS) is 13.6. The molecule has 12 heteroatoms. The highest BCUT2D eigenvalue weighted by atomic mass is 32.2. The number of carbonyl (C=O) groups is 2.